The summed E-state index contributed by atoms with van der Waals surface area (Å²) in [5, 5.41) is 2.93. The molecule has 1 fully saturated rings. The summed E-state index contributed by atoms with van der Waals surface area (Å²) >= 11 is 0. The second kappa shape index (κ2) is 8.00. The van der Waals surface area contributed by atoms with E-state index in [4.69, 9.17) is 0 Å². The second-order valence-corrected chi connectivity index (χ2v) is 9.12. The fraction of sp³-hybridized carbons (Fsp3) is 0.440. The van der Waals surface area contributed by atoms with Crippen LogP contribution < -0.4 is 15.1 Å². The number of carbonyl (C=O) groups is 2. The SMILES string of the molecule is Cc1cccc(N2CCN([C@@H](C)C(=O)N3c4ccccc4NC(=O)C3(C)C)CC2)c1C. The Labute approximate surface area is 184 Å². The van der Waals surface area contributed by atoms with Crippen LogP contribution >= 0.6 is 0 Å². The molecule has 2 aliphatic heterocycles. The van der Waals surface area contributed by atoms with Gasteiger partial charge >= 0.3 is 0 Å². The molecule has 2 heterocycles. The van der Waals surface area contributed by atoms with Gasteiger partial charge in [0, 0.05) is 31.9 Å². The standard InChI is InChI=1S/C25H32N4O2/c1-17-9-8-12-21(18(17)2)28-15-13-27(14-16-28)19(3)23(30)29-22-11-7-6-10-20(22)26-24(31)25(29,4)5/h6-12,19H,13-16H2,1-5H3,(H,26,31)/t19-/m0/s1. The number of benzene rings is 2. The molecule has 2 aromatic carbocycles. The maximum absolute atomic E-state index is 13.7. The number of nitrogens with zero attached hydrogens (tertiary/aromatic N) is 3. The van der Waals surface area contributed by atoms with Crippen LogP contribution in [0.15, 0.2) is 42.5 Å². The van der Waals surface area contributed by atoms with Crippen LogP contribution in [0.2, 0.25) is 0 Å². The van der Waals surface area contributed by atoms with Gasteiger partial charge in [0.1, 0.15) is 5.54 Å². The maximum atomic E-state index is 13.7. The fourth-order valence-electron chi connectivity index (χ4n) is 4.62. The topological polar surface area (TPSA) is 55.9 Å². The van der Waals surface area contributed by atoms with Gasteiger partial charge in [-0.1, -0.05) is 24.3 Å². The molecule has 0 saturated carbocycles. The summed E-state index contributed by atoms with van der Waals surface area (Å²) in [7, 11) is 0. The summed E-state index contributed by atoms with van der Waals surface area (Å²) < 4.78 is 0. The van der Waals surface area contributed by atoms with Crippen molar-refractivity contribution < 1.29 is 9.59 Å². The number of rotatable bonds is 3. The van der Waals surface area contributed by atoms with Gasteiger partial charge in [-0.2, -0.15) is 0 Å². The van der Waals surface area contributed by atoms with Gasteiger partial charge in [0.2, 0.25) is 11.8 Å². The zero-order valence-electron chi connectivity index (χ0n) is 19.1. The highest BCUT2D eigenvalue weighted by Gasteiger charge is 2.45. The largest absolute Gasteiger partial charge is 0.369 e. The van der Waals surface area contributed by atoms with Crippen molar-refractivity contribution in [2.45, 2.75) is 46.2 Å². The van der Waals surface area contributed by atoms with Crippen molar-refractivity contribution in [1.29, 1.82) is 0 Å². The van der Waals surface area contributed by atoms with Crippen LogP contribution in [0.3, 0.4) is 0 Å². The molecule has 0 radical (unpaired) electrons. The molecule has 0 aliphatic carbocycles. The number of para-hydroxylation sites is 2. The van der Waals surface area contributed by atoms with Crippen LogP contribution in [0.4, 0.5) is 17.1 Å². The summed E-state index contributed by atoms with van der Waals surface area (Å²) in [4.78, 5) is 32.7. The van der Waals surface area contributed by atoms with Crippen molar-refractivity contribution in [3.8, 4) is 0 Å². The first-order chi connectivity index (χ1) is 14.7. The lowest BCUT2D eigenvalue weighted by atomic mass is 9.95. The highest BCUT2D eigenvalue weighted by molar-refractivity contribution is 6.15. The minimum absolute atomic E-state index is 0.0347. The number of hydrogen-bond donors (Lipinski definition) is 1. The van der Waals surface area contributed by atoms with Gasteiger partial charge in [-0.05, 0) is 63.9 Å². The third kappa shape index (κ3) is 3.69. The van der Waals surface area contributed by atoms with Gasteiger partial charge in [-0.15, -0.1) is 0 Å². The summed E-state index contributed by atoms with van der Waals surface area (Å²) in [6.45, 7) is 13.3. The lowest BCUT2D eigenvalue weighted by molar-refractivity contribution is -0.129. The highest BCUT2D eigenvalue weighted by atomic mass is 16.2. The first-order valence-electron chi connectivity index (χ1n) is 11.0. The van der Waals surface area contributed by atoms with E-state index in [2.05, 4.69) is 47.2 Å². The van der Waals surface area contributed by atoms with Crippen LogP contribution in [0.5, 0.6) is 0 Å². The van der Waals surface area contributed by atoms with Crippen molar-refractivity contribution in [3.05, 3.63) is 53.6 Å². The predicted molar refractivity (Wildman–Crippen MR) is 126 cm³/mol. The number of piperazine rings is 1. The monoisotopic (exact) mass is 420 g/mol. The Hall–Kier alpha value is -2.86. The van der Waals surface area contributed by atoms with Gasteiger partial charge in [0.15, 0.2) is 0 Å². The molecule has 164 valence electrons. The van der Waals surface area contributed by atoms with E-state index in [1.54, 1.807) is 18.7 Å². The summed E-state index contributed by atoms with van der Waals surface area (Å²) in [6, 6.07) is 13.6. The Kier molecular flexibility index (Phi) is 5.52. The maximum Gasteiger partial charge on any atom is 0.250 e. The van der Waals surface area contributed by atoms with Crippen molar-refractivity contribution in [3.63, 3.8) is 0 Å². The zero-order chi connectivity index (χ0) is 22.3. The second-order valence-electron chi connectivity index (χ2n) is 9.12. The molecule has 2 aromatic rings. The summed E-state index contributed by atoms with van der Waals surface area (Å²) in [6.07, 6.45) is 0. The Balaban J connectivity index is 1.51. The third-order valence-corrected chi connectivity index (χ3v) is 6.86. The average Bonchev–Trinajstić information content (AvgIpc) is 2.76. The van der Waals surface area contributed by atoms with E-state index in [-0.39, 0.29) is 17.9 Å². The molecule has 0 bridgehead atoms. The van der Waals surface area contributed by atoms with E-state index in [1.807, 2.05) is 31.2 Å². The number of anilines is 3. The first kappa shape index (κ1) is 21.4. The third-order valence-electron chi connectivity index (χ3n) is 6.86. The molecule has 0 spiro atoms. The molecular formula is C25H32N4O2. The van der Waals surface area contributed by atoms with Crippen molar-refractivity contribution in [2.24, 2.45) is 0 Å². The quantitative estimate of drug-likeness (QED) is 0.825. The Bertz CT molecular complexity index is 1010. The number of carbonyl (C=O) groups excluding carboxylic acids is 2. The molecule has 2 amide bonds. The number of fused-ring (bicyclic) bond motifs is 1. The number of nitrogens with one attached hydrogen (secondary N) is 1. The molecule has 4 rings (SSSR count). The molecule has 0 aromatic heterocycles. The van der Waals surface area contributed by atoms with E-state index in [1.165, 1.54) is 16.8 Å². The normalized spacial score (nSPS) is 19.6. The van der Waals surface area contributed by atoms with Crippen LogP contribution in [0.25, 0.3) is 0 Å². The lowest BCUT2D eigenvalue weighted by Gasteiger charge is -2.45. The van der Waals surface area contributed by atoms with E-state index in [0.717, 1.165) is 31.9 Å². The fourth-order valence-corrected chi connectivity index (χ4v) is 4.62. The predicted octanol–water partition coefficient (Wildman–Crippen LogP) is 3.58. The Morgan fingerprint density at radius 2 is 1.61 bits per heavy atom. The summed E-state index contributed by atoms with van der Waals surface area (Å²) in [5.41, 5.74) is 4.40. The number of hydrogen-bond acceptors (Lipinski definition) is 4. The molecule has 31 heavy (non-hydrogen) atoms. The van der Waals surface area contributed by atoms with Crippen molar-refractivity contribution in [1.82, 2.24) is 4.90 Å². The van der Waals surface area contributed by atoms with E-state index in [0.29, 0.717) is 5.69 Å². The first-order valence-corrected chi connectivity index (χ1v) is 11.0. The minimum atomic E-state index is -0.944. The van der Waals surface area contributed by atoms with Gasteiger partial charge in [0.05, 0.1) is 17.4 Å². The van der Waals surface area contributed by atoms with Crippen LogP contribution in [-0.2, 0) is 9.59 Å². The zero-order valence-corrected chi connectivity index (χ0v) is 19.1. The molecule has 0 unspecified atom stereocenters. The average molecular weight is 421 g/mol. The molecule has 6 heteroatoms. The molecule has 1 saturated heterocycles. The minimum Gasteiger partial charge on any atom is -0.369 e. The van der Waals surface area contributed by atoms with E-state index in [9.17, 15) is 9.59 Å². The summed E-state index contributed by atoms with van der Waals surface area (Å²) in [5.74, 6) is -0.195. The van der Waals surface area contributed by atoms with Gasteiger partial charge in [-0.3, -0.25) is 19.4 Å². The molecule has 2 aliphatic rings. The molecule has 1 N–H and O–H groups in total. The van der Waals surface area contributed by atoms with Crippen LogP contribution in [-0.4, -0.2) is 54.5 Å². The smallest absolute Gasteiger partial charge is 0.250 e. The van der Waals surface area contributed by atoms with Crippen molar-refractivity contribution in [2.75, 3.05) is 41.3 Å². The van der Waals surface area contributed by atoms with Crippen molar-refractivity contribution >= 4 is 28.9 Å². The number of amides is 2. The van der Waals surface area contributed by atoms with Gasteiger partial charge in [0.25, 0.3) is 0 Å². The Morgan fingerprint density at radius 3 is 2.32 bits per heavy atom. The lowest BCUT2D eigenvalue weighted by Crippen LogP contribution is -2.63. The molecule has 6 nitrogen and oxygen atoms in total. The van der Waals surface area contributed by atoms with Gasteiger partial charge < -0.3 is 10.2 Å². The van der Waals surface area contributed by atoms with Crippen LogP contribution in [0, 0.1) is 13.8 Å². The van der Waals surface area contributed by atoms with E-state index < -0.39 is 5.54 Å². The van der Waals surface area contributed by atoms with Crippen LogP contribution in [0.1, 0.15) is 31.9 Å². The van der Waals surface area contributed by atoms with Gasteiger partial charge in [-0.25, -0.2) is 0 Å². The number of aryl methyl sites for hydroxylation is 1. The Morgan fingerprint density at radius 1 is 0.968 bits per heavy atom. The molecular weight excluding hydrogens is 388 g/mol. The molecule has 1 atom stereocenters. The van der Waals surface area contributed by atoms with E-state index >= 15 is 0 Å². The highest BCUT2D eigenvalue weighted by Crippen LogP contribution is 2.37.